The molecule has 1 unspecified atom stereocenters. The highest BCUT2D eigenvalue weighted by molar-refractivity contribution is 6.91. The quantitative estimate of drug-likeness (QED) is 0.672. The Labute approximate surface area is 99.8 Å². The van der Waals surface area contributed by atoms with Gasteiger partial charge in [-0.3, -0.25) is 0 Å². The third-order valence-corrected chi connectivity index (χ3v) is 5.94. The number of halogens is 2. The van der Waals surface area contributed by atoms with Gasteiger partial charge in [0.05, 0.1) is 0 Å². The summed E-state index contributed by atoms with van der Waals surface area (Å²) < 4.78 is 26.4. The Bertz CT molecular complexity index is 591. The number of benzene rings is 2. The average molecular weight is 244 g/mol. The van der Waals surface area contributed by atoms with Crippen molar-refractivity contribution < 1.29 is 8.78 Å². The van der Waals surface area contributed by atoms with Crippen molar-refractivity contribution in [3.05, 3.63) is 65.4 Å². The Balaban J connectivity index is 2.11. The fourth-order valence-corrected chi connectivity index (χ4v) is 4.94. The first-order chi connectivity index (χ1) is 8.25. The summed E-state index contributed by atoms with van der Waals surface area (Å²) in [7, 11) is -1.47. The fraction of sp³-hybridized carbons (Fsp3) is 0. The number of rotatable bonds is 1. The van der Waals surface area contributed by atoms with Crippen LogP contribution in [-0.2, 0) is 0 Å². The highest BCUT2D eigenvalue weighted by Crippen LogP contribution is 2.14. The van der Waals surface area contributed by atoms with Gasteiger partial charge in [0.1, 0.15) is 8.80 Å². The lowest BCUT2D eigenvalue weighted by Gasteiger charge is -2.10. The highest BCUT2D eigenvalue weighted by Gasteiger charge is 2.22. The topological polar surface area (TPSA) is 0 Å². The van der Waals surface area contributed by atoms with Crippen LogP contribution in [0.15, 0.2) is 48.2 Å². The molecule has 0 N–H and O–H groups in total. The van der Waals surface area contributed by atoms with Crippen LogP contribution < -0.4 is 10.4 Å². The van der Waals surface area contributed by atoms with Gasteiger partial charge in [-0.1, -0.05) is 47.3 Å². The third-order valence-electron chi connectivity index (χ3n) is 3.09. The molecule has 84 valence electrons. The lowest BCUT2D eigenvalue weighted by molar-refractivity contribution is 0.509. The summed E-state index contributed by atoms with van der Waals surface area (Å²) >= 11 is 0. The summed E-state index contributed by atoms with van der Waals surface area (Å²) in [5, 5.41) is 2.20. The molecule has 0 bridgehead atoms. The van der Waals surface area contributed by atoms with E-state index in [4.69, 9.17) is 0 Å². The summed E-state index contributed by atoms with van der Waals surface area (Å²) in [6.45, 7) is 0. The van der Waals surface area contributed by atoms with E-state index in [1.54, 1.807) is 0 Å². The molecule has 2 aromatic carbocycles. The minimum Gasteiger partial charge on any atom is -0.204 e. The smallest absolute Gasteiger partial charge is 0.159 e. The molecule has 0 saturated heterocycles. The molecule has 1 aliphatic rings. The largest absolute Gasteiger partial charge is 0.204 e. The first-order valence-corrected chi connectivity index (χ1v) is 7.30. The second-order valence-corrected chi connectivity index (χ2v) is 6.77. The molecule has 1 heterocycles. The van der Waals surface area contributed by atoms with Gasteiger partial charge in [-0.2, -0.15) is 0 Å². The Morgan fingerprint density at radius 3 is 2.35 bits per heavy atom. The standard InChI is InChI=1S/C14H10F2Si/c15-12-8-10-6-7-17(14(10)9-13(12)16)11-4-2-1-3-5-11/h1-9,17H. The van der Waals surface area contributed by atoms with Gasteiger partial charge >= 0.3 is 0 Å². The molecular weight excluding hydrogens is 234 g/mol. The van der Waals surface area contributed by atoms with E-state index in [0.29, 0.717) is 0 Å². The minimum atomic E-state index is -1.47. The molecule has 0 aliphatic carbocycles. The van der Waals surface area contributed by atoms with Crippen LogP contribution in [0.3, 0.4) is 0 Å². The van der Waals surface area contributed by atoms with Gasteiger partial charge in [-0.15, -0.1) is 0 Å². The van der Waals surface area contributed by atoms with Crippen molar-refractivity contribution in [3.63, 3.8) is 0 Å². The van der Waals surface area contributed by atoms with Gasteiger partial charge in [0.2, 0.25) is 0 Å². The Hall–Kier alpha value is -1.74. The minimum absolute atomic E-state index is 0.749. The Kier molecular flexibility index (Phi) is 2.41. The van der Waals surface area contributed by atoms with Crippen LogP contribution in [0.2, 0.25) is 0 Å². The fourth-order valence-electron chi connectivity index (χ4n) is 2.25. The first-order valence-electron chi connectivity index (χ1n) is 5.48. The van der Waals surface area contributed by atoms with Gasteiger partial charge in [-0.05, 0) is 22.9 Å². The van der Waals surface area contributed by atoms with E-state index in [0.717, 1.165) is 10.8 Å². The molecule has 0 saturated carbocycles. The molecule has 0 radical (unpaired) electrons. The van der Waals surface area contributed by atoms with E-state index in [1.165, 1.54) is 17.3 Å². The predicted octanol–water partition coefficient (Wildman–Crippen LogP) is 1.87. The monoisotopic (exact) mass is 244 g/mol. The van der Waals surface area contributed by atoms with Crippen molar-refractivity contribution in [1.29, 1.82) is 0 Å². The van der Waals surface area contributed by atoms with Crippen molar-refractivity contribution in [1.82, 2.24) is 0 Å². The van der Waals surface area contributed by atoms with Gasteiger partial charge in [0, 0.05) is 0 Å². The van der Waals surface area contributed by atoms with E-state index < -0.39 is 20.4 Å². The Morgan fingerprint density at radius 1 is 0.882 bits per heavy atom. The summed E-state index contributed by atoms with van der Waals surface area (Å²) in [4.78, 5) is 0. The zero-order chi connectivity index (χ0) is 11.8. The molecule has 3 heteroatoms. The van der Waals surface area contributed by atoms with Crippen LogP contribution in [0, 0.1) is 11.6 Å². The number of hydrogen-bond acceptors (Lipinski definition) is 0. The molecule has 2 aromatic rings. The highest BCUT2D eigenvalue weighted by atomic mass is 28.3. The van der Waals surface area contributed by atoms with Gasteiger partial charge < -0.3 is 0 Å². The van der Waals surface area contributed by atoms with Crippen LogP contribution in [0.5, 0.6) is 0 Å². The molecule has 0 aromatic heterocycles. The van der Waals surface area contributed by atoms with Crippen LogP contribution in [0.4, 0.5) is 8.78 Å². The molecule has 0 amide bonds. The second kappa shape index (κ2) is 3.93. The third kappa shape index (κ3) is 1.72. The molecule has 0 nitrogen and oxygen atoms in total. The summed E-state index contributed by atoms with van der Waals surface area (Å²) in [6.07, 6.45) is 1.90. The first kappa shape index (κ1) is 10.4. The molecule has 1 atom stereocenters. The Morgan fingerprint density at radius 2 is 1.59 bits per heavy atom. The lowest BCUT2D eigenvalue weighted by atomic mass is 10.2. The van der Waals surface area contributed by atoms with Gasteiger partial charge in [-0.25, -0.2) is 8.78 Å². The van der Waals surface area contributed by atoms with E-state index in [2.05, 4.69) is 17.8 Å². The van der Waals surface area contributed by atoms with Crippen LogP contribution >= 0.6 is 0 Å². The van der Waals surface area contributed by atoms with E-state index >= 15 is 0 Å². The van der Waals surface area contributed by atoms with Crippen molar-refractivity contribution in [2.24, 2.45) is 0 Å². The van der Waals surface area contributed by atoms with Crippen LogP contribution in [-0.4, -0.2) is 8.80 Å². The normalized spacial score (nSPS) is 17.2. The average Bonchev–Trinajstić information content (AvgIpc) is 2.74. The molecule has 0 fully saturated rings. The van der Waals surface area contributed by atoms with Gasteiger partial charge in [0.25, 0.3) is 0 Å². The predicted molar refractivity (Wildman–Crippen MR) is 68.3 cm³/mol. The van der Waals surface area contributed by atoms with Crippen molar-refractivity contribution in [3.8, 4) is 0 Å². The van der Waals surface area contributed by atoms with Crippen LogP contribution in [0.1, 0.15) is 5.56 Å². The second-order valence-electron chi connectivity index (χ2n) is 4.14. The zero-order valence-corrected chi connectivity index (χ0v) is 10.2. The van der Waals surface area contributed by atoms with Crippen molar-refractivity contribution in [2.45, 2.75) is 0 Å². The van der Waals surface area contributed by atoms with Crippen molar-refractivity contribution in [2.75, 3.05) is 0 Å². The maximum atomic E-state index is 13.3. The molecule has 1 aliphatic heterocycles. The maximum absolute atomic E-state index is 13.3. The molecule has 17 heavy (non-hydrogen) atoms. The summed E-state index contributed by atoms with van der Waals surface area (Å²) in [6, 6.07) is 12.7. The maximum Gasteiger partial charge on any atom is 0.159 e. The van der Waals surface area contributed by atoms with E-state index in [1.807, 2.05) is 24.3 Å². The molecular formula is C14H10F2Si. The molecule has 0 spiro atoms. The van der Waals surface area contributed by atoms with Crippen LogP contribution in [0.25, 0.3) is 6.08 Å². The van der Waals surface area contributed by atoms with Crippen molar-refractivity contribution >= 4 is 25.2 Å². The summed E-state index contributed by atoms with van der Waals surface area (Å²) in [5.74, 6) is -1.52. The summed E-state index contributed by atoms with van der Waals surface area (Å²) in [5.41, 5.74) is 2.93. The SMILES string of the molecule is Fc1cc2c(cc1F)[SiH](c1ccccc1)C=C2. The number of hydrogen-bond donors (Lipinski definition) is 0. The lowest BCUT2D eigenvalue weighted by Crippen LogP contribution is -2.39. The number of fused-ring (bicyclic) bond motifs is 1. The van der Waals surface area contributed by atoms with E-state index in [9.17, 15) is 8.78 Å². The molecule has 3 rings (SSSR count). The zero-order valence-electron chi connectivity index (χ0n) is 9.03. The van der Waals surface area contributed by atoms with Gasteiger partial charge in [0.15, 0.2) is 11.6 Å². The van der Waals surface area contributed by atoms with E-state index in [-0.39, 0.29) is 0 Å².